The Balaban J connectivity index is 2.66. The average molecular weight is 239 g/mol. The van der Waals surface area contributed by atoms with Crippen LogP contribution in [0.25, 0.3) is 0 Å². The largest absolute Gasteiger partial charge is 0.491 e. The van der Waals surface area contributed by atoms with E-state index in [1.807, 2.05) is 19.1 Å². The van der Waals surface area contributed by atoms with Gasteiger partial charge in [0, 0.05) is 11.6 Å². The highest BCUT2D eigenvalue weighted by atomic mass is 32.1. The molecule has 0 aliphatic carbocycles. The number of nitrogens with zero attached hydrogens (tertiary/aromatic N) is 1. The summed E-state index contributed by atoms with van der Waals surface area (Å²) < 4.78 is 5.86. The van der Waals surface area contributed by atoms with Crippen molar-refractivity contribution in [3.63, 3.8) is 0 Å². The zero-order chi connectivity index (χ0) is 12.0. The van der Waals surface area contributed by atoms with Gasteiger partial charge in [0.25, 0.3) is 0 Å². The van der Waals surface area contributed by atoms with E-state index in [0.29, 0.717) is 0 Å². The molecule has 3 heteroatoms. The predicted octanol–water partition coefficient (Wildman–Crippen LogP) is 3.51. The van der Waals surface area contributed by atoms with E-state index in [0.717, 1.165) is 36.6 Å². The van der Waals surface area contributed by atoms with E-state index in [-0.39, 0.29) is 5.41 Å². The minimum atomic E-state index is 0.186. The third-order valence-corrected chi connectivity index (χ3v) is 4.00. The molecule has 1 heterocycles. The molecule has 0 aliphatic heterocycles. The smallest absolute Gasteiger partial charge is 0.140 e. The maximum Gasteiger partial charge on any atom is 0.140 e. The Morgan fingerprint density at radius 2 is 2.06 bits per heavy atom. The van der Waals surface area contributed by atoms with E-state index in [1.54, 1.807) is 6.20 Å². The standard InChI is InChI=1S/C13H21NOS/c1-4-13(5-2,10-16)9-15-12-7-6-8-14-11(12)3/h6-8,16H,4-5,9-10H2,1-3H3. The molecule has 0 unspecified atom stereocenters. The van der Waals surface area contributed by atoms with Crippen LogP contribution in [0, 0.1) is 12.3 Å². The molecule has 0 radical (unpaired) electrons. The molecule has 0 amide bonds. The summed E-state index contributed by atoms with van der Waals surface area (Å²) in [4.78, 5) is 4.21. The maximum atomic E-state index is 5.86. The van der Waals surface area contributed by atoms with E-state index in [1.165, 1.54) is 0 Å². The van der Waals surface area contributed by atoms with Gasteiger partial charge in [-0.1, -0.05) is 13.8 Å². The SMILES string of the molecule is CCC(CC)(CS)COc1cccnc1C. The van der Waals surface area contributed by atoms with Gasteiger partial charge in [0.1, 0.15) is 5.75 Å². The normalized spacial score (nSPS) is 11.5. The van der Waals surface area contributed by atoms with Crippen LogP contribution in [0.3, 0.4) is 0 Å². The lowest BCUT2D eigenvalue weighted by molar-refractivity contribution is 0.156. The molecule has 0 bridgehead atoms. The van der Waals surface area contributed by atoms with Gasteiger partial charge in [-0.25, -0.2) is 0 Å². The van der Waals surface area contributed by atoms with E-state index in [2.05, 4.69) is 31.5 Å². The third kappa shape index (κ3) is 3.14. The molecule has 0 aromatic carbocycles. The molecule has 90 valence electrons. The van der Waals surface area contributed by atoms with Gasteiger partial charge < -0.3 is 4.74 Å². The van der Waals surface area contributed by atoms with Crippen LogP contribution < -0.4 is 4.74 Å². The molecule has 0 fully saturated rings. The van der Waals surface area contributed by atoms with Crippen molar-refractivity contribution in [2.45, 2.75) is 33.6 Å². The van der Waals surface area contributed by atoms with E-state index in [9.17, 15) is 0 Å². The maximum absolute atomic E-state index is 5.86. The number of hydrogen-bond donors (Lipinski definition) is 1. The summed E-state index contributed by atoms with van der Waals surface area (Å²) >= 11 is 4.44. The summed E-state index contributed by atoms with van der Waals surface area (Å²) in [6.45, 7) is 7.07. The fourth-order valence-electron chi connectivity index (χ4n) is 1.58. The van der Waals surface area contributed by atoms with Gasteiger partial charge in [0.05, 0.1) is 12.3 Å². The minimum Gasteiger partial charge on any atom is -0.491 e. The second kappa shape index (κ2) is 6.14. The van der Waals surface area contributed by atoms with Gasteiger partial charge in [-0.05, 0) is 37.7 Å². The van der Waals surface area contributed by atoms with Crippen molar-refractivity contribution >= 4 is 12.6 Å². The molecule has 16 heavy (non-hydrogen) atoms. The lowest BCUT2D eigenvalue weighted by atomic mass is 9.85. The monoisotopic (exact) mass is 239 g/mol. The molecule has 1 aromatic heterocycles. The van der Waals surface area contributed by atoms with Crippen LogP contribution in [0.1, 0.15) is 32.4 Å². The zero-order valence-electron chi connectivity index (χ0n) is 10.4. The molecule has 0 saturated carbocycles. The van der Waals surface area contributed by atoms with Gasteiger partial charge in [-0.3, -0.25) is 4.98 Å². The molecule has 0 spiro atoms. The molecular weight excluding hydrogens is 218 g/mol. The number of ether oxygens (including phenoxy) is 1. The Bertz CT molecular complexity index is 315. The number of aryl methyl sites for hydroxylation is 1. The van der Waals surface area contributed by atoms with E-state index in [4.69, 9.17) is 4.74 Å². The Morgan fingerprint density at radius 3 is 2.56 bits per heavy atom. The summed E-state index contributed by atoms with van der Waals surface area (Å²) in [7, 11) is 0. The van der Waals surface area contributed by atoms with Crippen molar-refractivity contribution in [1.82, 2.24) is 4.98 Å². The predicted molar refractivity (Wildman–Crippen MR) is 71.3 cm³/mol. The van der Waals surface area contributed by atoms with Crippen LogP contribution >= 0.6 is 12.6 Å². The van der Waals surface area contributed by atoms with Gasteiger partial charge in [0.2, 0.25) is 0 Å². The van der Waals surface area contributed by atoms with Crippen molar-refractivity contribution in [3.8, 4) is 5.75 Å². The Labute approximate surface area is 104 Å². The summed E-state index contributed by atoms with van der Waals surface area (Å²) in [5.74, 6) is 1.75. The number of rotatable bonds is 6. The van der Waals surface area contributed by atoms with Crippen LogP contribution in [0.5, 0.6) is 5.75 Å². The summed E-state index contributed by atoms with van der Waals surface area (Å²) in [5.41, 5.74) is 1.13. The first kappa shape index (κ1) is 13.4. The highest BCUT2D eigenvalue weighted by Crippen LogP contribution is 2.29. The molecular formula is C13H21NOS. The van der Waals surface area contributed by atoms with Crippen LogP contribution in [0.4, 0.5) is 0 Å². The van der Waals surface area contributed by atoms with Crippen LogP contribution in [0.15, 0.2) is 18.3 Å². The first-order valence-electron chi connectivity index (χ1n) is 5.82. The molecule has 0 N–H and O–H groups in total. The van der Waals surface area contributed by atoms with Crippen molar-refractivity contribution in [2.75, 3.05) is 12.4 Å². The second-order valence-electron chi connectivity index (χ2n) is 4.24. The lowest BCUT2D eigenvalue weighted by Crippen LogP contribution is -2.29. The summed E-state index contributed by atoms with van der Waals surface area (Å²) in [5, 5.41) is 0. The van der Waals surface area contributed by atoms with Gasteiger partial charge in [-0.2, -0.15) is 12.6 Å². The Morgan fingerprint density at radius 1 is 1.38 bits per heavy atom. The quantitative estimate of drug-likeness (QED) is 0.767. The topological polar surface area (TPSA) is 22.1 Å². The number of aromatic nitrogens is 1. The average Bonchev–Trinajstić information content (AvgIpc) is 2.34. The van der Waals surface area contributed by atoms with Crippen LogP contribution in [0.2, 0.25) is 0 Å². The van der Waals surface area contributed by atoms with Crippen LogP contribution in [-0.4, -0.2) is 17.3 Å². The fraction of sp³-hybridized carbons (Fsp3) is 0.615. The Hall–Kier alpha value is -0.700. The van der Waals surface area contributed by atoms with E-state index < -0.39 is 0 Å². The van der Waals surface area contributed by atoms with Gasteiger partial charge in [0.15, 0.2) is 0 Å². The molecule has 0 saturated heterocycles. The lowest BCUT2D eigenvalue weighted by Gasteiger charge is -2.29. The first-order chi connectivity index (χ1) is 7.67. The fourth-order valence-corrected chi connectivity index (χ4v) is 2.11. The van der Waals surface area contributed by atoms with Crippen molar-refractivity contribution in [3.05, 3.63) is 24.0 Å². The number of pyridine rings is 1. The Kier molecular flexibility index (Phi) is 5.13. The summed E-state index contributed by atoms with van der Waals surface area (Å²) in [6, 6.07) is 3.87. The zero-order valence-corrected chi connectivity index (χ0v) is 11.3. The van der Waals surface area contributed by atoms with Crippen molar-refractivity contribution in [2.24, 2.45) is 5.41 Å². The van der Waals surface area contributed by atoms with E-state index >= 15 is 0 Å². The molecule has 2 nitrogen and oxygen atoms in total. The summed E-state index contributed by atoms with van der Waals surface area (Å²) in [6.07, 6.45) is 3.96. The highest BCUT2D eigenvalue weighted by molar-refractivity contribution is 7.80. The molecule has 0 aliphatic rings. The van der Waals surface area contributed by atoms with Crippen molar-refractivity contribution in [1.29, 1.82) is 0 Å². The number of thiol groups is 1. The first-order valence-corrected chi connectivity index (χ1v) is 6.46. The second-order valence-corrected chi connectivity index (χ2v) is 4.56. The number of hydrogen-bond acceptors (Lipinski definition) is 3. The van der Waals surface area contributed by atoms with Gasteiger partial charge in [-0.15, -0.1) is 0 Å². The third-order valence-electron chi connectivity index (χ3n) is 3.33. The molecule has 0 atom stereocenters. The van der Waals surface area contributed by atoms with Gasteiger partial charge >= 0.3 is 0 Å². The van der Waals surface area contributed by atoms with Crippen molar-refractivity contribution < 1.29 is 4.74 Å². The van der Waals surface area contributed by atoms with Crippen LogP contribution in [-0.2, 0) is 0 Å². The molecule has 1 aromatic rings. The molecule has 1 rings (SSSR count). The highest BCUT2D eigenvalue weighted by Gasteiger charge is 2.25. The minimum absolute atomic E-state index is 0.186.